The van der Waals surface area contributed by atoms with E-state index in [1.807, 2.05) is 4.90 Å². The third-order valence-electron chi connectivity index (χ3n) is 3.51. The van der Waals surface area contributed by atoms with Gasteiger partial charge in [0, 0.05) is 26.6 Å². The highest BCUT2D eigenvalue weighted by atomic mass is 19.1. The van der Waals surface area contributed by atoms with E-state index in [0.717, 1.165) is 32.1 Å². The number of halogens is 1. The van der Waals surface area contributed by atoms with Gasteiger partial charge in [-0.25, -0.2) is 4.98 Å². The van der Waals surface area contributed by atoms with E-state index >= 15 is 0 Å². The predicted molar refractivity (Wildman–Crippen MR) is 72.0 cm³/mol. The summed E-state index contributed by atoms with van der Waals surface area (Å²) in [7, 11) is 1.37. The molecule has 0 unspecified atom stereocenters. The smallest absolute Gasteiger partial charge is 0.255 e. The van der Waals surface area contributed by atoms with Gasteiger partial charge in [-0.3, -0.25) is 4.79 Å². The van der Waals surface area contributed by atoms with Crippen molar-refractivity contribution in [3.63, 3.8) is 0 Å². The number of piperidine rings is 1. The summed E-state index contributed by atoms with van der Waals surface area (Å²) in [5, 5.41) is 3.09. The van der Waals surface area contributed by atoms with Gasteiger partial charge in [0.2, 0.25) is 17.7 Å². The quantitative estimate of drug-likeness (QED) is 0.901. The Kier molecular flexibility index (Phi) is 4.70. The van der Waals surface area contributed by atoms with Crippen LogP contribution >= 0.6 is 0 Å². The molecule has 1 aromatic heterocycles. The Bertz CT molecular complexity index is 475. The summed E-state index contributed by atoms with van der Waals surface area (Å²) in [6.07, 6.45) is 2.99. The minimum Gasteiger partial charge on any atom is -0.479 e. The topological polar surface area (TPSA) is 67.3 Å². The fourth-order valence-corrected chi connectivity index (χ4v) is 2.27. The average Bonchev–Trinajstić information content (AvgIpc) is 2.46. The molecule has 1 amide bonds. The molecule has 1 fully saturated rings. The molecule has 2 heterocycles. The number of nitrogens with one attached hydrogen (secondary N) is 1. The number of amides is 1. The van der Waals surface area contributed by atoms with Crippen molar-refractivity contribution in [3.8, 4) is 5.88 Å². The molecule has 110 valence electrons. The fraction of sp³-hybridized carbons (Fsp3) is 0.615. The van der Waals surface area contributed by atoms with Crippen molar-refractivity contribution in [2.75, 3.05) is 32.1 Å². The van der Waals surface area contributed by atoms with E-state index in [4.69, 9.17) is 4.74 Å². The lowest BCUT2D eigenvalue weighted by molar-refractivity contribution is -0.130. The third kappa shape index (κ3) is 3.55. The number of methoxy groups -OCH3 is 1. The monoisotopic (exact) mass is 282 g/mol. The molecule has 20 heavy (non-hydrogen) atoms. The first-order valence-corrected chi connectivity index (χ1v) is 6.66. The first-order chi connectivity index (χ1) is 9.60. The standard InChI is InChI=1S/C13H19FN4O2/c1-9(19)18-5-3-10(4-6-18)7-15-13-16-8-11(14)12(17-13)20-2/h8,10H,3-7H2,1-2H3,(H,15,16,17). The van der Waals surface area contributed by atoms with Crippen LogP contribution < -0.4 is 10.1 Å². The maximum Gasteiger partial charge on any atom is 0.255 e. The van der Waals surface area contributed by atoms with Crippen molar-refractivity contribution in [2.45, 2.75) is 19.8 Å². The van der Waals surface area contributed by atoms with E-state index in [1.165, 1.54) is 7.11 Å². The van der Waals surface area contributed by atoms with Gasteiger partial charge in [-0.1, -0.05) is 0 Å². The number of anilines is 1. The zero-order valence-electron chi connectivity index (χ0n) is 11.7. The van der Waals surface area contributed by atoms with Crippen LogP contribution in [0.2, 0.25) is 0 Å². The van der Waals surface area contributed by atoms with Gasteiger partial charge in [0.05, 0.1) is 13.3 Å². The summed E-state index contributed by atoms with van der Waals surface area (Å²) in [4.78, 5) is 20.9. The molecule has 1 aromatic rings. The number of hydrogen-bond donors (Lipinski definition) is 1. The minimum atomic E-state index is -0.576. The van der Waals surface area contributed by atoms with Crippen molar-refractivity contribution < 1.29 is 13.9 Å². The summed E-state index contributed by atoms with van der Waals surface area (Å²) in [5.74, 6) is 0.312. The summed E-state index contributed by atoms with van der Waals surface area (Å²) >= 11 is 0. The van der Waals surface area contributed by atoms with Crippen LogP contribution in [0.1, 0.15) is 19.8 Å². The summed E-state index contributed by atoms with van der Waals surface area (Å²) in [6.45, 7) is 3.88. The second-order valence-electron chi connectivity index (χ2n) is 4.88. The van der Waals surface area contributed by atoms with Gasteiger partial charge in [-0.05, 0) is 18.8 Å². The molecular formula is C13H19FN4O2. The Morgan fingerprint density at radius 1 is 1.55 bits per heavy atom. The average molecular weight is 282 g/mol. The van der Waals surface area contributed by atoms with Crippen molar-refractivity contribution in [1.82, 2.24) is 14.9 Å². The van der Waals surface area contributed by atoms with Crippen molar-refractivity contribution >= 4 is 11.9 Å². The molecule has 1 N–H and O–H groups in total. The molecule has 0 spiro atoms. The second-order valence-corrected chi connectivity index (χ2v) is 4.88. The zero-order chi connectivity index (χ0) is 14.5. The van der Waals surface area contributed by atoms with Crippen LogP contribution in [0.25, 0.3) is 0 Å². The van der Waals surface area contributed by atoms with Gasteiger partial charge in [0.25, 0.3) is 5.88 Å². The Morgan fingerprint density at radius 2 is 2.25 bits per heavy atom. The van der Waals surface area contributed by atoms with Crippen molar-refractivity contribution in [3.05, 3.63) is 12.0 Å². The van der Waals surface area contributed by atoms with E-state index in [2.05, 4.69) is 15.3 Å². The van der Waals surface area contributed by atoms with Crippen LogP contribution in [0.15, 0.2) is 6.20 Å². The minimum absolute atomic E-state index is 0.0612. The number of carbonyl (C=O) groups is 1. The van der Waals surface area contributed by atoms with Crippen LogP contribution in [-0.2, 0) is 4.79 Å². The Labute approximate surface area is 117 Å². The van der Waals surface area contributed by atoms with Gasteiger partial charge < -0.3 is 15.0 Å². The first kappa shape index (κ1) is 14.5. The lowest BCUT2D eigenvalue weighted by Crippen LogP contribution is -2.38. The van der Waals surface area contributed by atoms with Crippen LogP contribution in [0.3, 0.4) is 0 Å². The van der Waals surface area contributed by atoms with Crippen molar-refractivity contribution in [1.29, 1.82) is 0 Å². The Hall–Kier alpha value is -1.92. The highest BCUT2D eigenvalue weighted by Crippen LogP contribution is 2.18. The third-order valence-corrected chi connectivity index (χ3v) is 3.51. The molecule has 6 nitrogen and oxygen atoms in total. The second kappa shape index (κ2) is 6.49. The normalized spacial score (nSPS) is 16.1. The number of likely N-dealkylation sites (tertiary alicyclic amines) is 1. The zero-order valence-corrected chi connectivity index (χ0v) is 11.7. The molecule has 1 aliphatic rings. The van der Waals surface area contributed by atoms with E-state index < -0.39 is 5.82 Å². The van der Waals surface area contributed by atoms with Crippen LogP contribution in [0.4, 0.5) is 10.3 Å². The molecule has 0 atom stereocenters. The van der Waals surface area contributed by atoms with Gasteiger partial charge in [0.1, 0.15) is 0 Å². The van der Waals surface area contributed by atoms with E-state index in [9.17, 15) is 9.18 Å². The highest BCUT2D eigenvalue weighted by Gasteiger charge is 2.20. The van der Waals surface area contributed by atoms with Gasteiger partial charge in [0.15, 0.2) is 0 Å². The maximum absolute atomic E-state index is 13.2. The molecule has 7 heteroatoms. The number of hydrogen-bond acceptors (Lipinski definition) is 5. The van der Waals surface area contributed by atoms with E-state index in [1.54, 1.807) is 6.92 Å². The molecule has 2 rings (SSSR count). The first-order valence-electron chi connectivity index (χ1n) is 6.66. The number of nitrogens with zero attached hydrogens (tertiary/aromatic N) is 3. The van der Waals surface area contributed by atoms with E-state index in [0.29, 0.717) is 18.4 Å². The number of aromatic nitrogens is 2. The SMILES string of the molecule is COc1nc(NCC2CCN(C(C)=O)CC2)ncc1F. The molecule has 0 aromatic carbocycles. The molecule has 0 saturated carbocycles. The Balaban J connectivity index is 1.83. The van der Waals surface area contributed by atoms with Gasteiger partial charge in [-0.15, -0.1) is 0 Å². The lowest BCUT2D eigenvalue weighted by Gasteiger charge is -2.31. The van der Waals surface area contributed by atoms with Crippen molar-refractivity contribution in [2.24, 2.45) is 5.92 Å². The molecule has 0 radical (unpaired) electrons. The summed E-state index contributed by atoms with van der Waals surface area (Å²) in [6, 6.07) is 0. The van der Waals surface area contributed by atoms with Crippen LogP contribution in [-0.4, -0.2) is 47.5 Å². The Morgan fingerprint density at radius 3 is 2.85 bits per heavy atom. The fourth-order valence-electron chi connectivity index (χ4n) is 2.27. The predicted octanol–water partition coefficient (Wildman–Crippen LogP) is 1.29. The number of rotatable bonds is 4. The molecule has 1 saturated heterocycles. The largest absolute Gasteiger partial charge is 0.479 e. The maximum atomic E-state index is 13.2. The number of ether oxygens (including phenoxy) is 1. The van der Waals surface area contributed by atoms with Crippen LogP contribution in [0, 0.1) is 11.7 Å². The van der Waals surface area contributed by atoms with Gasteiger partial charge in [-0.2, -0.15) is 9.37 Å². The van der Waals surface area contributed by atoms with Crippen LogP contribution in [0.5, 0.6) is 5.88 Å². The summed E-state index contributed by atoms with van der Waals surface area (Å²) in [5.41, 5.74) is 0. The molecule has 1 aliphatic heterocycles. The van der Waals surface area contributed by atoms with Gasteiger partial charge >= 0.3 is 0 Å². The summed E-state index contributed by atoms with van der Waals surface area (Å²) < 4.78 is 18.0. The molecule has 0 aliphatic carbocycles. The molecular weight excluding hydrogens is 263 g/mol. The lowest BCUT2D eigenvalue weighted by atomic mass is 9.97. The highest BCUT2D eigenvalue weighted by molar-refractivity contribution is 5.73. The molecule has 0 bridgehead atoms. The number of carbonyl (C=O) groups excluding carboxylic acids is 1. The van der Waals surface area contributed by atoms with E-state index in [-0.39, 0.29) is 11.8 Å².